The van der Waals surface area contributed by atoms with Crippen molar-refractivity contribution in [2.24, 2.45) is 7.05 Å². The van der Waals surface area contributed by atoms with Crippen molar-refractivity contribution in [3.05, 3.63) is 58.0 Å². The summed E-state index contributed by atoms with van der Waals surface area (Å²) in [5.74, 6) is 0.341. The molecule has 0 aliphatic carbocycles. The van der Waals surface area contributed by atoms with Crippen molar-refractivity contribution in [1.29, 1.82) is 0 Å². The van der Waals surface area contributed by atoms with Gasteiger partial charge in [0, 0.05) is 13.1 Å². The average Bonchev–Trinajstić information content (AvgIpc) is 2.94. The molecule has 0 spiro atoms. The van der Waals surface area contributed by atoms with Crippen LogP contribution in [0.5, 0.6) is 0 Å². The molecule has 0 aliphatic rings. The molecule has 1 N–H and O–H groups in total. The topological polar surface area (TPSA) is 66.8 Å². The van der Waals surface area contributed by atoms with Gasteiger partial charge < -0.3 is 4.98 Å². The first-order valence-corrected chi connectivity index (χ1v) is 7.90. The molecule has 1 atom stereocenters. The Kier molecular flexibility index (Phi) is 4.44. The van der Waals surface area contributed by atoms with Gasteiger partial charge in [-0.2, -0.15) is 5.10 Å². The summed E-state index contributed by atoms with van der Waals surface area (Å²) in [7, 11) is 1.76. The van der Waals surface area contributed by atoms with Gasteiger partial charge in [0.05, 0.1) is 12.7 Å². The number of hydrogen-bond acceptors (Lipinski definition) is 4. The monoisotopic (exact) mass is 329 g/mol. The first-order valence-electron chi connectivity index (χ1n) is 7.90. The zero-order chi connectivity index (χ0) is 17.3. The minimum absolute atomic E-state index is 0.0723. The number of rotatable bonds is 5. The molecular weight excluding hydrogens is 309 g/mol. The molecule has 2 heterocycles. The van der Waals surface area contributed by atoms with Gasteiger partial charge in [0.25, 0.3) is 5.56 Å². The number of hydrogen-bond donors (Lipinski definition) is 1. The van der Waals surface area contributed by atoms with Crippen LogP contribution in [0.3, 0.4) is 0 Å². The highest BCUT2D eigenvalue weighted by molar-refractivity contribution is 5.72. The van der Waals surface area contributed by atoms with Gasteiger partial charge in [-0.05, 0) is 31.2 Å². The summed E-state index contributed by atoms with van der Waals surface area (Å²) >= 11 is 0. The van der Waals surface area contributed by atoms with E-state index >= 15 is 0 Å². The molecule has 0 amide bonds. The molecule has 7 heteroatoms. The molecule has 3 aromatic rings. The fraction of sp³-hybridized carbons (Fsp3) is 0.353. The molecule has 1 aromatic carbocycles. The molecule has 0 saturated heterocycles. The van der Waals surface area contributed by atoms with Crippen molar-refractivity contribution in [3.8, 4) is 0 Å². The Morgan fingerprint density at radius 2 is 2.04 bits per heavy atom. The zero-order valence-corrected chi connectivity index (χ0v) is 14.0. The number of nitrogens with zero attached hydrogens (tertiary/aromatic N) is 4. The number of nitrogens with one attached hydrogen (secondary N) is 1. The maximum Gasteiger partial charge on any atom is 0.262 e. The first-order chi connectivity index (χ1) is 11.5. The Morgan fingerprint density at radius 1 is 1.33 bits per heavy atom. The van der Waals surface area contributed by atoms with Gasteiger partial charge in [-0.3, -0.25) is 14.4 Å². The van der Waals surface area contributed by atoms with Crippen LogP contribution in [0.15, 0.2) is 35.3 Å². The fourth-order valence-corrected chi connectivity index (χ4v) is 2.82. The lowest BCUT2D eigenvalue weighted by atomic mass is 10.1. The van der Waals surface area contributed by atoms with Gasteiger partial charge in [0.15, 0.2) is 5.65 Å². The van der Waals surface area contributed by atoms with E-state index in [1.807, 2.05) is 6.92 Å². The number of halogens is 1. The highest BCUT2D eigenvalue weighted by Crippen LogP contribution is 2.21. The van der Waals surface area contributed by atoms with E-state index in [0.717, 1.165) is 12.1 Å². The molecule has 3 rings (SSSR count). The number of H-pyrrole nitrogens is 1. The van der Waals surface area contributed by atoms with E-state index in [0.29, 0.717) is 23.4 Å². The lowest BCUT2D eigenvalue weighted by Gasteiger charge is -2.27. The van der Waals surface area contributed by atoms with E-state index in [9.17, 15) is 9.18 Å². The van der Waals surface area contributed by atoms with Crippen LogP contribution in [-0.2, 0) is 13.6 Å². The van der Waals surface area contributed by atoms with Crippen LogP contribution < -0.4 is 5.56 Å². The van der Waals surface area contributed by atoms with Gasteiger partial charge in [0.1, 0.15) is 17.0 Å². The van der Waals surface area contributed by atoms with E-state index < -0.39 is 0 Å². The van der Waals surface area contributed by atoms with Crippen molar-refractivity contribution in [2.75, 3.05) is 6.54 Å². The fourth-order valence-electron chi connectivity index (χ4n) is 2.82. The lowest BCUT2D eigenvalue weighted by molar-refractivity contribution is 0.207. The van der Waals surface area contributed by atoms with Gasteiger partial charge >= 0.3 is 0 Å². The predicted molar refractivity (Wildman–Crippen MR) is 90.0 cm³/mol. The second-order valence-electron chi connectivity index (χ2n) is 5.81. The third-order valence-electron chi connectivity index (χ3n) is 4.31. The molecule has 0 radical (unpaired) electrons. The van der Waals surface area contributed by atoms with Crippen molar-refractivity contribution in [1.82, 2.24) is 24.6 Å². The Hall–Kier alpha value is -2.54. The molecule has 0 aliphatic heterocycles. The second-order valence-corrected chi connectivity index (χ2v) is 5.81. The Labute approximate surface area is 138 Å². The summed E-state index contributed by atoms with van der Waals surface area (Å²) in [4.78, 5) is 21.7. The average molecular weight is 329 g/mol. The Balaban J connectivity index is 1.88. The van der Waals surface area contributed by atoms with E-state index in [4.69, 9.17) is 0 Å². The second kappa shape index (κ2) is 6.52. The molecule has 24 heavy (non-hydrogen) atoms. The molecule has 0 fully saturated rings. The van der Waals surface area contributed by atoms with E-state index in [-0.39, 0.29) is 17.4 Å². The van der Waals surface area contributed by atoms with Gasteiger partial charge in [-0.25, -0.2) is 9.37 Å². The van der Waals surface area contributed by atoms with Gasteiger partial charge in [-0.15, -0.1) is 0 Å². The van der Waals surface area contributed by atoms with Crippen LogP contribution in [0, 0.1) is 5.82 Å². The molecular formula is C17H20FN5O. The third-order valence-corrected chi connectivity index (χ3v) is 4.31. The standard InChI is InChI=1S/C17H20FN5O/c1-4-23(11(2)12-5-7-13(18)8-6-12)10-15-20-16-14(17(24)21-15)9-19-22(16)3/h5-9,11H,4,10H2,1-3H3,(H,20,21,24). The van der Waals surface area contributed by atoms with Crippen LogP contribution in [0.2, 0.25) is 0 Å². The van der Waals surface area contributed by atoms with E-state index in [1.165, 1.54) is 18.3 Å². The highest BCUT2D eigenvalue weighted by atomic mass is 19.1. The molecule has 0 saturated carbocycles. The molecule has 6 nitrogen and oxygen atoms in total. The highest BCUT2D eigenvalue weighted by Gasteiger charge is 2.17. The quantitative estimate of drug-likeness (QED) is 0.780. The SMILES string of the molecule is CCN(Cc1nc2c(cnn2C)c(=O)[nH]1)C(C)c1ccc(F)cc1. The van der Waals surface area contributed by atoms with Crippen molar-refractivity contribution >= 4 is 11.0 Å². The summed E-state index contributed by atoms with van der Waals surface area (Å²) in [5.41, 5.74) is 1.40. The summed E-state index contributed by atoms with van der Waals surface area (Å²) in [6.07, 6.45) is 1.52. The van der Waals surface area contributed by atoms with Crippen molar-refractivity contribution < 1.29 is 4.39 Å². The van der Waals surface area contributed by atoms with Crippen LogP contribution in [-0.4, -0.2) is 31.2 Å². The molecule has 126 valence electrons. The maximum atomic E-state index is 13.1. The summed E-state index contributed by atoms with van der Waals surface area (Å²) < 4.78 is 14.7. The van der Waals surface area contributed by atoms with Crippen molar-refractivity contribution in [2.45, 2.75) is 26.4 Å². The zero-order valence-electron chi connectivity index (χ0n) is 14.0. The van der Waals surface area contributed by atoms with E-state index in [2.05, 4.69) is 26.9 Å². The van der Waals surface area contributed by atoms with Crippen LogP contribution in [0.4, 0.5) is 4.39 Å². The first kappa shape index (κ1) is 16.3. The molecule has 1 unspecified atom stereocenters. The van der Waals surface area contributed by atoms with Crippen LogP contribution in [0.25, 0.3) is 11.0 Å². The van der Waals surface area contributed by atoms with Gasteiger partial charge in [-0.1, -0.05) is 19.1 Å². The Morgan fingerprint density at radius 3 is 2.71 bits per heavy atom. The predicted octanol–water partition coefficient (Wildman–Crippen LogP) is 2.38. The van der Waals surface area contributed by atoms with Crippen LogP contribution >= 0.6 is 0 Å². The third kappa shape index (κ3) is 3.07. The molecule has 0 bridgehead atoms. The maximum absolute atomic E-state index is 13.1. The van der Waals surface area contributed by atoms with Crippen molar-refractivity contribution in [3.63, 3.8) is 0 Å². The number of aromatic amines is 1. The van der Waals surface area contributed by atoms with E-state index in [1.54, 1.807) is 23.9 Å². The number of aryl methyl sites for hydroxylation is 1. The number of aromatic nitrogens is 4. The minimum atomic E-state index is -0.248. The van der Waals surface area contributed by atoms with Crippen LogP contribution in [0.1, 0.15) is 31.3 Å². The molecule has 2 aromatic heterocycles. The lowest BCUT2D eigenvalue weighted by Crippen LogP contribution is -2.28. The largest absolute Gasteiger partial charge is 0.309 e. The minimum Gasteiger partial charge on any atom is -0.309 e. The number of benzene rings is 1. The normalized spacial score (nSPS) is 12.9. The number of fused-ring (bicyclic) bond motifs is 1. The smallest absolute Gasteiger partial charge is 0.262 e. The Bertz CT molecular complexity index is 899. The summed E-state index contributed by atoms with van der Waals surface area (Å²) in [5, 5.41) is 4.56. The van der Waals surface area contributed by atoms with Gasteiger partial charge in [0.2, 0.25) is 0 Å². The summed E-state index contributed by atoms with van der Waals surface area (Å²) in [6.45, 7) is 5.36. The summed E-state index contributed by atoms with van der Waals surface area (Å²) in [6, 6.07) is 6.55.